The summed E-state index contributed by atoms with van der Waals surface area (Å²) < 4.78 is 0. The molecule has 3 heterocycles. The highest BCUT2D eigenvalue weighted by molar-refractivity contribution is 7.16. The molecule has 7 heteroatoms. The maximum absolute atomic E-state index is 5.89. The first-order valence-electron chi connectivity index (χ1n) is 5.34. The minimum Gasteiger partial charge on any atom is -0.369 e. The molecule has 0 atom stereocenters. The standard InChI is InChI=1S/C11H9ClN4S2/c12-11-15-9(8-2-4-18-10(8)16-11)13-3-1-7-5-17-6-14-7/h2,4-6H,1,3H2,(H,13,15,16). The van der Waals surface area contributed by atoms with E-state index in [0.29, 0.717) is 0 Å². The Morgan fingerprint density at radius 1 is 1.33 bits per heavy atom. The van der Waals surface area contributed by atoms with Gasteiger partial charge in [0.1, 0.15) is 10.6 Å². The van der Waals surface area contributed by atoms with Crippen LogP contribution in [0.3, 0.4) is 0 Å². The van der Waals surface area contributed by atoms with E-state index < -0.39 is 0 Å². The topological polar surface area (TPSA) is 50.7 Å². The number of fused-ring (bicyclic) bond motifs is 1. The number of nitrogens with zero attached hydrogens (tertiary/aromatic N) is 3. The van der Waals surface area contributed by atoms with Crippen LogP contribution in [0.1, 0.15) is 5.69 Å². The maximum atomic E-state index is 5.89. The highest BCUT2D eigenvalue weighted by Gasteiger charge is 2.07. The summed E-state index contributed by atoms with van der Waals surface area (Å²) in [5.74, 6) is 0.793. The normalized spacial score (nSPS) is 10.9. The van der Waals surface area contributed by atoms with Crippen molar-refractivity contribution in [2.24, 2.45) is 0 Å². The molecule has 0 aliphatic rings. The molecule has 3 aromatic heterocycles. The molecule has 0 bridgehead atoms. The Balaban J connectivity index is 1.75. The smallest absolute Gasteiger partial charge is 0.225 e. The van der Waals surface area contributed by atoms with Gasteiger partial charge in [-0.05, 0) is 23.0 Å². The summed E-state index contributed by atoms with van der Waals surface area (Å²) in [6, 6.07) is 2.00. The Morgan fingerprint density at radius 3 is 3.11 bits per heavy atom. The average Bonchev–Trinajstić information content (AvgIpc) is 2.98. The lowest BCUT2D eigenvalue weighted by Gasteiger charge is -2.05. The van der Waals surface area contributed by atoms with Crippen LogP contribution in [0.15, 0.2) is 22.3 Å². The van der Waals surface area contributed by atoms with Crippen LogP contribution in [-0.2, 0) is 6.42 Å². The van der Waals surface area contributed by atoms with E-state index in [9.17, 15) is 0 Å². The number of nitrogens with one attached hydrogen (secondary N) is 1. The summed E-state index contributed by atoms with van der Waals surface area (Å²) in [4.78, 5) is 13.5. The fourth-order valence-corrected chi connectivity index (χ4v) is 3.21. The van der Waals surface area contributed by atoms with Crippen LogP contribution in [0, 0.1) is 0 Å². The number of anilines is 1. The van der Waals surface area contributed by atoms with Gasteiger partial charge in [-0.2, -0.15) is 0 Å². The first-order valence-corrected chi connectivity index (χ1v) is 7.54. The lowest BCUT2D eigenvalue weighted by Crippen LogP contribution is -2.07. The SMILES string of the molecule is Clc1nc(NCCc2cscn2)c2ccsc2n1. The summed E-state index contributed by atoms with van der Waals surface area (Å²) in [5.41, 5.74) is 2.93. The second kappa shape index (κ2) is 5.17. The number of hydrogen-bond acceptors (Lipinski definition) is 6. The molecule has 0 fully saturated rings. The van der Waals surface area contributed by atoms with Crippen molar-refractivity contribution in [1.82, 2.24) is 15.0 Å². The largest absolute Gasteiger partial charge is 0.369 e. The van der Waals surface area contributed by atoms with Crippen LogP contribution in [0.5, 0.6) is 0 Å². The van der Waals surface area contributed by atoms with Crippen molar-refractivity contribution in [3.8, 4) is 0 Å². The third kappa shape index (κ3) is 2.45. The molecule has 0 aliphatic carbocycles. The van der Waals surface area contributed by atoms with Gasteiger partial charge in [0.25, 0.3) is 0 Å². The summed E-state index contributed by atoms with van der Waals surface area (Å²) in [6.07, 6.45) is 0.872. The van der Waals surface area contributed by atoms with Gasteiger partial charge in [-0.3, -0.25) is 0 Å². The lowest BCUT2D eigenvalue weighted by atomic mass is 10.3. The Hall–Kier alpha value is -1.24. The molecule has 0 radical (unpaired) electrons. The van der Waals surface area contributed by atoms with Crippen LogP contribution in [0.4, 0.5) is 5.82 Å². The van der Waals surface area contributed by atoms with E-state index in [0.717, 1.165) is 34.7 Å². The highest BCUT2D eigenvalue weighted by atomic mass is 35.5. The van der Waals surface area contributed by atoms with Crippen molar-refractivity contribution in [2.45, 2.75) is 6.42 Å². The van der Waals surface area contributed by atoms with Crippen molar-refractivity contribution < 1.29 is 0 Å². The minimum atomic E-state index is 0.279. The monoisotopic (exact) mass is 296 g/mol. The molecular weight excluding hydrogens is 288 g/mol. The van der Waals surface area contributed by atoms with E-state index in [4.69, 9.17) is 11.6 Å². The summed E-state index contributed by atoms with van der Waals surface area (Å²) in [6.45, 7) is 0.780. The van der Waals surface area contributed by atoms with Gasteiger partial charge in [-0.25, -0.2) is 15.0 Å². The molecule has 0 unspecified atom stereocenters. The zero-order valence-corrected chi connectivity index (χ0v) is 11.6. The van der Waals surface area contributed by atoms with Gasteiger partial charge in [0, 0.05) is 18.3 Å². The number of aromatic nitrogens is 3. The zero-order chi connectivity index (χ0) is 12.4. The number of rotatable bonds is 4. The first-order chi connectivity index (χ1) is 8.83. The molecule has 18 heavy (non-hydrogen) atoms. The van der Waals surface area contributed by atoms with Crippen LogP contribution in [-0.4, -0.2) is 21.5 Å². The van der Waals surface area contributed by atoms with Gasteiger partial charge in [0.05, 0.1) is 16.6 Å². The quantitative estimate of drug-likeness (QED) is 0.749. The lowest BCUT2D eigenvalue weighted by molar-refractivity contribution is 0.969. The molecule has 3 aromatic rings. The van der Waals surface area contributed by atoms with E-state index >= 15 is 0 Å². The maximum Gasteiger partial charge on any atom is 0.225 e. The summed E-state index contributed by atoms with van der Waals surface area (Å²) in [7, 11) is 0. The van der Waals surface area contributed by atoms with Crippen LogP contribution >= 0.6 is 34.3 Å². The van der Waals surface area contributed by atoms with Crippen molar-refractivity contribution in [1.29, 1.82) is 0 Å². The predicted octanol–water partition coefficient (Wildman–Crippen LogP) is 3.46. The fraction of sp³-hybridized carbons (Fsp3) is 0.182. The molecule has 0 saturated heterocycles. The molecule has 0 spiro atoms. The number of thiophene rings is 1. The van der Waals surface area contributed by atoms with Gasteiger partial charge < -0.3 is 5.32 Å². The van der Waals surface area contributed by atoms with Gasteiger partial charge in [0.2, 0.25) is 5.28 Å². The Morgan fingerprint density at radius 2 is 2.28 bits per heavy atom. The highest BCUT2D eigenvalue weighted by Crippen LogP contribution is 2.26. The van der Waals surface area contributed by atoms with Crippen molar-refractivity contribution in [3.05, 3.63) is 33.3 Å². The minimum absolute atomic E-state index is 0.279. The third-order valence-corrected chi connectivity index (χ3v) is 4.07. The Bertz CT molecular complexity index is 650. The number of hydrogen-bond donors (Lipinski definition) is 1. The van der Waals surface area contributed by atoms with Gasteiger partial charge >= 0.3 is 0 Å². The first kappa shape index (κ1) is 11.8. The van der Waals surface area contributed by atoms with Gasteiger partial charge in [0.15, 0.2) is 0 Å². The summed E-state index contributed by atoms with van der Waals surface area (Å²) in [5, 5.41) is 8.62. The van der Waals surface area contributed by atoms with Crippen molar-refractivity contribution >= 4 is 50.3 Å². The fourth-order valence-electron chi connectivity index (χ4n) is 1.63. The zero-order valence-electron chi connectivity index (χ0n) is 9.26. The van der Waals surface area contributed by atoms with Crippen LogP contribution < -0.4 is 5.32 Å². The second-order valence-corrected chi connectivity index (χ2v) is 5.59. The number of halogens is 1. The van der Waals surface area contributed by atoms with E-state index in [1.807, 2.05) is 17.0 Å². The molecule has 0 amide bonds. The third-order valence-electron chi connectivity index (χ3n) is 2.45. The van der Waals surface area contributed by atoms with E-state index in [1.54, 1.807) is 22.7 Å². The van der Waals surface area contributed by atoms with Gasteiger partial charge in [-0.15, -0.1) is 22.7 Å². The van der Waals surface area contributed by atoms with Crippen LogP contribution in [0.2, 0.25) is 5.28 Å². The molecule has 0 aromatic carbocycles. The van der Waals surface area contributed by atoms with Gasteiger partial charge in [-0.1, -0.05) is 0 Å². The van der Waals surface area contributed by atoms with E-state index in [-0.39, 0.29) is 5.28 Å². The predicted molar refractivity (Wildman–Crippen MR) is 76.7 cm³/mol. The molecule has 1 N–H and O–H groups in total. The van der Waals surface area contributed by atoms with Crippen molar-refractivity contribution in [2.75, 3.05) is 11.9 Å². The average molecular weight is 297 g/mol. The molecule has 0 saturated carbocycles. The summed E-state index contributed by atoms with van der Waals surface area (Å²) >= 11 is 9.06. The molecule has 3 rings (SSSR count). The van der Waals surface area contributed by atoms with Crippen LogP contribution in [0.25, 0.3) is 10.2 Å². The van der Waals surface area contributed by atoms with E-state index in [1.165, 1.54) is 0 Å². The second-order valence-electron chi connectivity index (χ2n) is 3.64. The Labute approximate surface area is 117 Å². The van der Waals surface area contributed by atoms with E-state index in [2.05, 4.69) is 25.6 Å². The molecule has 92 valence electrons. The Kier molecular flexibility index (Phi) is 3.40. The molecular formula is C11H9ClN4S2. The molecule has 4 nitrogen and oxygen atoms in total. The number of thiazole rings is 1. The van der Waals surface area contributed by atoms with Crippen molar-refractivity contribution in [3.63, 3.8) is 0 Å². The molecule has 0 aliphatic heterocycles.